The number of hydrogen-bond acceptors (Lipinski definition) is 4. The van der Waals surface area contributed by atoms with Crippen molar-refractivity contribution in [2.24, 2.45) is 0 Å². The van der Waals surface area contributed by atoms with E-state index in [2.05, 4.69) is 34.2 Å². The Bertz CT molecular complexity index is 394. The summed E-state index contributed by atoms with van der Waals surface area (Å²) in [6.45, 7) is 9.58. The fourth-order valence-electron chi connectivity index (χ4n) is 1.88. The van der Waals surface area contributed by atoms with Crippen molar-refractivity contribution in [2.45, 2.75) is 38.9 Å². The maximum Gasteiger partial charge on any atom is 0.0964 e. The van der Waals surface area contributed by atoms with Crippen molar-refractivity contribution in [3.05, 3.63) is 24.0 Å². The number of rotatable bonds is 8. The van der Waals surface area contributed by atoms with Crippen LogP contribution in [0.2, 0.25) is 0 Å². The van der Waals surface area contributed by atoms with E-state index in [0.717, 1.165) is 37.9 Å². The maximum absolute atomic E-state index is 4.17. The SMILES string of the molecule is C=C(C)CN(C)CCn1cc(CNC2CC2)nn1. The number of likely N-dealkylation sites (N-methyl/N-ethyl adjacent to an activating group) is 1. The molecule has 2 rings (SSSR count). The van der Waals surface area contributed by atoms with Gasteiger partial charge in [-0.2, -0.15) is 0 Å². The molecule has 0 saturated heterocycles. The van der Waals surface area contributed by atoms with Crippen LogP contribution in [-0.4, -0.2) is 46.1 Å². The van der Waals surface area contributed by atoms with Crippen LogP contribution in [0.25, 0.3) is 0 Å². The van der Waals surface area contributed by atoms with Crippen molar-refractivity contribution in [3.63, 3.8) is 0 Å². The van der Waals surface area contributed by atoms with Gasteiger partial charge in [0, 0.05) is 31.9 Å². The zero-order valence-electron chi connectivity index (χ0n) is 11.4. The Hall–Kier alpha value is -1.20. The number of nitrogens with one attached hydrogen (secondary N) is 1. The first kappa shape index (κ1) is 13.2. The van der Waals surface area contributed by atoms with Crippen molar-refractivity contribution in [2.75, 3.05) is 20.1 Å². The van der Waals surface area contributed by atoms with E-state index in [0.29, 0.717) is 0 Å². The van der Waals surface area contributed by atoms with E-state index < -0.39 is 0 Å². The quantitative estimate of drug-likeness (QED) is 0.699. The lowest BCUT2D eigenvalue weighted by atomic mass is 10.3. The molecule has 0 spiro atoms. The Morgan fingerprint density at radius 1 is 1.61 bits per heavy atom. The zero-order chi connectivity index (χ0) is 13.0. The van der Waals surface area contributed by atoms with E-state index in [1.807, 2.05) is 17.8 Å². The lowest BCUT2D eigenvalue weighted by molar-refractivity contribution is 0.334. The van der Waals surface area contributed by atoms with Crippen LogP contribution in [0.5, 0.6) is 0 Å². The predicted molar refractivity (Wildman–Crippen MR) is 72.2 cm³/mol. The lowest BCUT2D eigenvalue weighted by Crippen LogP contribution is -2.25. The van der Waals surface area contributed by atoms with Gasteiger partial charge in [-0.3, -0.25) is 4.68 Å². The third-order valence-corrected chi connectivity index (χ3v) is 2.99. The highest BCUT2D eigenvalue weighted by atomic mass is 15.4. The van der Waals surface area contributed by atoms with Gasteiger partial charge in [-0.15, -0.1) is 5.10 Å². The summed E-state index contributed by atoms with van der Waals surface area (Å²) >= 11 is 0. The average molecular weight is 249 g/mol. The lowest BCUT2D eigenvalue weighted by Gasteiger charge is -2.15. The molecule has 0 bridgehead atoms. The normalized spacial score (nSPS) is 15.3. The summed E-state index contributed by atoms with van der Waals surface area (Å²) in [6, 6.07) is 0.719. The summed E-state index contributed by atoms with van der Waals surface area (Å²) in [6.07, 6.45) is 4.64. The minimum atomic E-state index is 0.719. The largest absolute Gasteiger partial charge is 0.308 e. The second kappa shape index (κ2) is 6.11. The second-order valence-electron chi connectivity index (χ2n) is 5.32. The summed E-state index contributed by atoms with van der Waals surface area (Å²) < 4.78 is 1.92. The predicted octanol–water partition coefficient (Wildman–Crippen LogP) is 1.04. The van der Waals surface area contributed by atoms with E-state index in [1.54, 1.807) is 0 Å². The van der Waals surface area contributed by atoms with E-state index in [4.69, 9.17) is 0 Å². The Balaban J connectivity index is 1.70. The minimum Gasteiger partial charge on any atom is -0.308 e. The van der Waals surface area contributed by atoms with Gasteiger partial charge in [0.1, 0.15) is 0 Å². The van der Waals surface area contributed by atoms with Crippen LogP contribution in [-0.2, 0) is 13.1 Å². The molecule has 1 saturated carbocycles. The Labute approximate surface area is 109 Å². The molecule has 1 aliphatic carbocycles. The van der Waals surface area contributed by atoms with Crippen LogP contribution in [0, 0.1) is 0 Å². The highest BCUT2D eigenvalue weighted by molar-refractivity contribution is 4.94. The summed E-state index contributed by atoms with van der Waals surface area (Å²) in [5.41, 5.74) is 2.22. The smallest absolute Gasteiger partial charge is 0.0964 e. The molecular weight excluding hydrogens is 226 g/mol. The van der Waals surface area contributed by atoms with Gasteiger partial charge < -0.3 is 10.2 Å². The molecule has 0 aromatic carbocycles. The van der Waals surface area contributed by atoms with Gasteiger partial charge in [0.15, 0.2) is 0 Å². The van der Waals surface area contributed by atoms with Crippen LogP contribution in [0.3, 0.4) is 0 Å². The topological polar surface area (TPSA) is 46.0 Å². The fraction of sp³-hybridized carbons (Fsp3) is 0.692. The Morgan fingerprint density at radius 2 is 2.39 bits per heavy atom. The minimum absolute atomic E-state index is 0.719. The standard InChI is InChI=1S/C13H23N5/c1-11(2)9-17(3)6-7-18-10-13(15-16-18)8-14-12-4-5-12/h10,12,14H,1,4-9H2,2-3H3. The molecule has 5 nitrogen and oxygen atoms in total. The molecule has 0 radical (unpaired) electrons. The summed E-state index contributed by atoms with van der Waals surface area (Å²) in [4.78, 5) is 2.24. The molecule has 100 valence electrons. The molecule has 5 heteroatoms. The zero-order valence-corrected chi connectivity index (χ0v) is 11.4. The highest BCUT2D eigenvalue weighted by Gasteiger charge is 2.20. The van der Waals surface area contributed by atoms with Crippen LogP contribution >= 0.6 is 0 Å². The second-order valence-corrected chi connectivity index (χ2v) is 5.32. The molecule has 1 heterocycles. The molecule has 0 amide bonds. The van der Waals surface area contributed by atoms with E-state index in [1.165, 1.54) is 18.4 Å². The molecule has 1 aromatic rings. The number of hydrogen-bond donors (Lipinski definition) is 1. The van der Waals surface area contributed by atoms with Gasteiger partial charge in [0.05, 0.1) is 12.2 Å². The third-order valence-electron chi connectivity index (χ3n) is 2.99. The summed E-state index contributed by atoms with van der Waals surface area (Å²) in [5.74, 6) is 0. The van der Waals surface area contributed by atoms with Crippen LogP contribution < -0.4 is 5.32 Å². The van der Waals surface area contributed by atoms with E-state index in [-0.39, 0.29) is 0 Å². The Kier molecular flexibility index (Phi) is 4.49. The molecule has 1 aliphatic rings. The monoisotopic (exact) mass is 249 g/mol. The van der Waals surface area contributed by atoms with Gasteiger partial charge in [-0.05, 0) is 26.8 Å². The first-order chi connectivity index (χ1) is 8.63. The number of nitrogens with zero attached hydrogens (tertiary/aromatic N) is 4. The van der Waals surface area contributed by atoms with Crippen molar-refractivity contribution in [3.8, 4) is 0 Å². The van der Waals surface area contributed by atoms with Gasteiger partial charge in [-0.25, -0.2) is 0 Å². The van der Waals surface area contributed by atoms with Crippen molar-refractivity contribution in [1.82, 2.24) is 25.2 Å². The molecule has 1 aromatic heterocycles. The van der Waals surface area contributed by atoms with Gasteiger partial charge >= 0.3 is 0 Å². The van der Waals surface area contributed by atoms with Crippen LogP contribution in [0.1, 0.15) is 25.5 Å². The first-order valence-electron chi connectivity index (χ1n) is 6.59. The van der Waals surface area contributed by atoms with E-state index >= 15 is 0 Å². The Morgan fingerprint density at radius 3 is 3.06 bits per heavy atom. The van der Waals surface area contributed by atoms with Crippen molar-refractivity contribution < 1.29 is 0 Å². The van der Waals surface area contributed by atoms with Crippen molar-refractivity contribution >= 4 is 0 Å². The maximum atomic E-state index is 4.17. The fourth-order valence-corrected chi connectivity index (χ4v) is 1.88. The van der Waals surface area contributed by atoms with Crippen molar-refractivity contribution in [1.29, 1.82) is 0 Å². The molecule has 1 fully saturated rings. The average Bonchev–Trinajstić information content (AvgIpc) is 3.02. The first-order valence-corrected chi connectivity index (χ1v) is 6.59. The molecule has 0 atom stereocenters. The third kappa shape index (κ3) is 4.58. The summed E-state index contributed by atoms with van der Waals surface area (Å²) in [5, 5.41) is 11.8. The van der Waals surface area contributed by atoms with Gasteiger partial charge in [0.25, 0.3) is 0 Å². The van der Waals surface area contributed by atoms with Crippen LogP contribution in [0.4, 0.5) is 0 Å². The summed E-state index contributed by atoms with van der Waals surface area (Å²) in [7, 11) is 2.10. The molecule has 18 heavy (non-hydrogen) atoms. The molecular formula is C13H23N5. The van der Waals surface area contributed by atoms with Gasteiger partial charge in [0.2, 0.25) is 0 Å². The highest BCUT2D eigenvalue weighted by Crippen LogP contribution is 2.18. The molecule has 0 aliphatic heterocycles. The van der Waals surface area contributed by atoms with E-state index in [9.17, 15) is 0 Å². The number of aromatic nitrogens is 3. The molecule has 1 N–H and O–H groups in total. The van der Waals surface area contributed by atoms with Crippen LogP contribution in [0.15, 0.2) is 18.3 Å². The molecule has 0 unspecified atom stereocenters. The van der Waals surface area contributed by atoms with Gasteiger partial charge in [-0.1, -0.05) is 17.4 Å².